The third-order valence-corrected chi connectivity index (χ3v) is 4.30. The molecule has 0 radical (unpaired) electrons. The molecule has 0 atom stereocenters. The summed E-state index contributed by atoms with van der Waals surface area (Å²) < 4.78 is 5.17. The van der Waals surface area contributed by atoms with E-state index in [-0.39, 0.29) is 5.41 Å². The van der Waals surface area contributed by atoms with Crippen molar-refractivity contribution in [3.05, 3.63) is 29.8 Å². The van der Waals surface area contributed by atoms with E-state index < -0.39 is 0 Å². The molecule has 0 aromatic heterocycles. The summed E-state index contributed by atoms with van der Waals surface area (Å²) in [6, 6.07) is 8.14. The van der Waals surface area contributed by atoms with Crippen LogP contribution in [-0.4, -0.2) is 31.9 Å². The molecule has 1 fully saturated rings. The normalized spacial score (nSPS) is 17.9. The van der Waals surface area contributed by atoms with Crippen LogP contribution >= 0.6 is 0 Å². The molecule has 0 amide bonds. The highest BCUT2D eigenvalue weighted by Gasteiger charge is 2.32. The molecule has 3 nitrogen and oxygen atoms in total. The molecular weight excluding hydrogens is 250 g/mol. The van der Waals surface area contributed by atoms with Crippen molar-refractivity contribution in [2.24, 2.45) is 5.41 Å². The fourth-order valence-electron chi connectivity index (χ4n) is 3.21. The Labute approximate surface area is 121 Å². The standard InChI is InChI=1S/C17H25NO2/c1-18(12-15-6-8-16(20-2)9-7-15)13-17(14-19)10-4-3-5-11-17/h6-9,14H,3-5,10-13H2,1-2H3. The first-order valence-corrected chi connectivity index (χ1v) is 7.45. The summed E-state index contributed by atoms with van der Waals surface area (Å²) in [7, 11) is 3.78. The van der Waals surface area contributed by atoms with E-state index in [0.717, 1.165) is 31.7 Å². The van der Waals surface area contributed by atoms with E-state index in [4.69, 9.17) is 4.74 Å². The zero-order chi connectivity index (χ0) is 14.4. The minimum absolute atomic E-state index is 0.112. The molecule has 1 aliphatic rings. The number of ether oxygens (including phenoxy) is 1. The lowest BCUT2D eigenvalue weighted by Crippen LogP contribution is -2.38. The molecule has 1 saturated carbocycles. The van der Waals surface area contributed by atoms with Crippen molar-refractivity contribution in [1.82, 2.24) is 4.90 Å². The lowest BCUT2D eigenvalue weighted by atomic mass is 9.75. The van der Waals surface area contributed by atoms with Gasteiger partial charge in [0.25, 0.3) is 0 Å². The van der Waals surface area contributed by atoms with Gasteiger partial charge in [-0.1, -0.05) is 31.4 Å². The predicted molar refractivity (Wildman–Crippen MR) is 80.9 cm³/mol. The van der Waals surface area contributed by atoms with E-state index in [1.165, 1.54) is 31.1 Å². The summed E-state index contributed by atoms with van der Waals surface area (Å²) in [5.74, 6) is 0.882. The molecule has 1 aliphatic carbocycles. The Morgan fingerprint density at radius 3 is 2.40 bits per heavy atom. The van der Waals surface area contributed by atoms with Crippen molar-refractivity contribution in [2.75, 3.05) is 20.7 Å². The monoisotopic (exact) mass is 275 g/mol. The Kier molecular flexibility index (Phi) is 5.18. The highest BCUT2D eigenvalue weighted by molar-refractivity contribution is 5.60. The first kappa shape index (κ1) is 15.0. The number of carbonyl (C=O) groups excluding carboxylic acids is 1. The Morgan fingerprint density at radius 1 is 1.20 bits per heavy atom. The number of methoxy groups -OCH3 is 1. The van der Waals surface area contributed by atoms with Gasteiger partial charge in [-0.2, -0.15) is 0 Å². The molecule has 0 unspecified atom stereocenters. The second-order valence-electron chi connectivity index (χ2n) is 6.06. The van der Waals surface area contributed by atoms with Crippen LogP contribution in [0.1, 0.15) is 37.7 Å². The number of hydrogen-bond donors (Lipinski definition) is 0. The summed E-state index contributed by atoms with van der Waals surface area (Å²) >= 11 is 0. The van der Waals surface area contributed by atoms with Gasteiger partial charge in [0.2, 0.25) is 0 Å². The molecule has 0 aliphatic heterocycles. The summed E-state index contributed by atoms with van der Waals surface area (Å²) in [4.78, 5) is 13.8. The Bertz CT molecular complexity index is 421. The maximum Gasteiger partial charge on any atom is 0.127 e. The third-order valence-electron chi connectivity index (χ3n) is 4.30. The topological polar surface area (TPSA) is 29.5 Å². The molecule has 2 rings (SSSR count). The second-order valence-corrected chi connectivity index (χ2v) is 6.06. The van der Waals surface area contributed by atoms with Crippen LogP contribution in [0.2, 0.25) is 0 Å². The van der Waals surface area contributed by atoms with Crippen LogP contribution in [0.15, 0.2) is 24.3 Å². The van der Waals surface area contributed by atoms with Crippen molar-refractivity contribution in [3.63, 3.8) is 0 Å². The number of benzene rings is 1. The van der Waals surface area contributed by atoms with Gasteiger partial charge in [0.15, 0.2) is 0 Å². The van der Waals surface area contributed by atoms with Crippen molar-refractivity contribution in [3.8, 4) is 5.75 Å². The molecule has 0 saturated heterocycles. The van der Waals surface area contributed by atoms with Crippen LogP contribution in [0.3, 0.4) is 0 Å². The number of rotatable bonds is 6. The van der Waals surface area contributed by atoms with Gasteiger partial charge in [-0.25, -0.2) is 0 Å². The number of aldehydes is 1. The maximum atomic E-state index is 11.5. The van der Waals surface area contributed by atoms with Crippen molar-refractivity contribution in [1.29, 1.82) is 0 Å². The molecule has 110 valence electrons. The molecule has 1 aromatic carbocycles. The molecule has 0 N–H and O–H groups in total. The van der Waals surface area contributed by atoms with Gasteiger partial charge in [0.1, 0.15) is 12.0 Å². The molecule has 20 heavy (non-hydrogen) atoms. The number of nitrogens with zero attached hydrogens (tertiary/aromatic N) is 1. The van der Waals surface area contributed by atoms with Crippen LogP contribution in [-0.2, 0) is 11.3 Å². The van der Waals surface area contributed by atoms with E-state index >= 15 is 0 Å². The average molecular weight is 275 g/mol. The fraction of sp³-hybridized carbons (Fsp3) is 0.588. The fourth-order valence-corrected chi connectivity index (χ4v) is 3.21. The molecule has 0 heterocycles. The van der Waals surface area contributed by atoms with Crippen molar-refractivity contribution >= 4 is 6.29 Å². The highest BCUT2D eigenvalue weighted by Crippen LogP contribution is 2.35. The zero-order valence-electron chi connectivity index (χ0n) is 12.6. The van der Waals surface area contributed by atoms with E-state index in [9.17, 15) is 4.79 Å². The lowest BCUT2D eigenvalue weighted by molar-refractivity contribution is -0.119. The van der Waals surface area contributed by atoms with Gasteiger partial charge in [0, 0.05) is 18.5 Å². The zero-order valence-corrected chi connectivity index (χ0v) is 12.6. The Balaban J connectivity index is 1.93. The van der Waals surface area contributed by atoms with Gasteiger partial charge in [0.05, 0.1) is 7.11 Å². The van der Waals surface area contributed by atoms with Crippen LogP contribution < -0.4 is 4.74 Å². The van der Waals surface area contributed by atoms with E-state index in [1.54, 1.807) is 7.11 Å². The second kappa shape index (κ2) is 6.89. The van der Waals surface area contributed by atoms with Gasteiger partial charge in [-0.3, -0.25) is 0 Å². The third kappa shape index (κ3) is 3.83. The summed E-state index contributed by atoms with van der Waals surface area (Å²) in [5, 5.41) is 0. The number of hydrogen-bond acceptors (Lipinski definition) is 3. The summed E-state index contributed by atoms with van der Waals surface area (Å²) in [6.45, 7) is 1.74. The van der Waals surface area contributed by atoms with E-state index in [0.29, 0.717) is 0 Å². The Morgan fingerprint density at radius 2 is 1.85 bits per heavy atom. The van der Waals surface area contributed by atoms with Crippen LogP contribution in [0.25, 0.3) is 0 Å². The SMILES string of the molecule is COc1ccc(CN(C)CC2(C=O)CCCCC2)cc1. The predicted octanol–water partition coefficient (Wildman–Crippen LogP) is 3.28. The summed E-state index contributed by atoms with van der Waals surface area (Å²) in [6.07, 6.45) is 6.95. The van der Waals surface area contributed by atoms with Gasteiger partial charge in [-0.05, 0) is 37.6 Å². The highest BCUT2D eigenvalue weighted by atomic mass is 16.5. The van der Waals surface area contributed by atoms with Crippen molar-refractivity contribution in [2.45, 2.75) is 38.6 Å². The molecule has 1 aromatic rings. The molecule has 0 bridgehead atoms. The minimum Gasteiger partial charge on any atom is -0.497 e. The lowest BCUT2D eigenvalue weighted by Gasteiger charge is -2.35. The average Bonchev–Trinajstić information content (AvgIpc) is 2.49. The van der Waals surface area contributed by atoms with Gasteiger partial charge >= 0.3 is 0 Å². The van der Waals surface area contributed by atoms with Crippen LogP contribution in [0, 0.1) is 5.41 Å². The van der Waals surface area contributed by atoms with Crippen molar-refractivity contribution < 1.29 is 9.53 Å². The summed E-state index contributed by atoms with van der Waals surface area (Å²) in [5.41, 5.74) is 1.14. The smallest absolute Gasteiger partial charge is 0.127 e. The Hall–Kier alpha value is -1.35. The minimum atomic E-state index is -0.112. The van der Waals surface area contributed by atoms with Crippen LogP contribution in [0.5, 0.6) is 5.75 Å². The largest absolute Gasteiger partial charge is 0.497 e. The number of carbonyl (C=O) groups is 1. The first-order valence-electron chi connectivity index (χ1n) is 7.45. The molecular formula is C17H25NO2. The molecule has 0 spiro atoms. The van der Waals surface area contributed by atoms with Crippen LogP contribution in [0.4, 0.5) is 0 Å². The van der Waals surface area contributed by atoms with E-state index in [1.807, 2.05) is 12.1 Å². The quantitative estimate of drug-likeness (QED) is 0.746. The first-order chi connectivity index (χ1) is 9.67. The van der Waals surface area contributed by atoms with Gasteiger partial charge < -0.3 is 14.4 Å². The van der Waals surface area contributed by atoms with E-state index in [2.05, 4.69) is 24.1 Å². The molecule has 3 heteroatoms. The maximum absolute atomic E-state index is 11.5. The van der Waals surface area contributed by atoms with Gasteiger partial charge in [-0.15, -0.1) is 0 Å².